The van der Waals surface area contributed by atoms with Crippen LogP contribution in [-0.2, 0) is 0 Å². The molecule has 0 spiro atoms. The van der Waals surface area contributed by atoms with Crippen molar-refractivity contribution in [3.05, 3.63) is 48.3 Å². The van der Waals surface area contributed by atoms with Gasteiger partial charge in [0, 0.05) is 5.92 Å². The Morgan fingerprint density at radius 3 is 1.94 bits per heavy atom. The lowest BCUT2D eigenvalue weighted by Gasteiger charge is -1.94. The van der Waals surface area contributed by atoms with Crippen LogP contribution in [0.25, 0.3) is 0 Å². The molecule has 0 aliphatic heterocycles. The first-order valence-electron chi connectivity index (χ1n) is 5.66. The first-order valence-corrected chi connectivity index (χ1v) is 5.66. The van der Waals surface area contributed by atoms with E-state index in [4.69, 9.17) is 8.83 Å². The second-order valence-electron chi connectivity index (χ2n) is 4.38. The summed E-state index contributed by atoms with van der Waals surface area (Å²) in [5.74, 6) is 2.17. The van der Waals surface area contributed by atoms with E-state index in [9.17, 15) is 0 Å². The van der Waals surface area contributed by atoms with Crippen molar-refractivity contribution >= 4 is 0 Å². The lowest BCUT2D eigenvalue weighted by atomic mass is 10.1. The minimum absolute atomic E-state index is 0.519. The van der Waals surface area contributed by atoms with Gasteiger partial charge in [-0.2, -0.15) is 0 Å². The molecule has 2 heterocycles. The van der Waals surface area contributed by atoms with E-state index in [1.165, 1.54) is 5.56 Å². The molecular formula is C14H20O2. The van der Waals surface area contributed by atoms with Crippen LogP contribution < -0.4 is 0 Å². The van der Waals surface area contributed by atoms with Crippen LogP contribution in [0, 0.1) is 0 Å². The van der Waals surface area contributed by atoms with Crippen LogP contribution in [-0.4, -0.2) is 0 Å². The van der Waals surface area contributed by atoms with Crippen molar-refractivity contribution in [1.29, 1.82) is 0 Å². The summed E-state index contributed by atoms with van der Waals surface area (Å²) in [6, 6.07) is 5.89. The molecule has 0 amide bonds. The first-order chi connectivity index (χ1) is 7.61. The molecule has 2 aromatic rings. The van der Waals surface area contributed by atoms with Crippen LogP contribution in [0.2, 0.25) is 0 Å². The lowest BCUT2D eigenvalue weighted by Crippen LogP contribution is -1.79. The van der Waals surface area contributed by atoms with Gasteiger partial charge in [0.2, 0.25) is 0 Å². The molecule has 0 saturated heterocycles. The van der Waals surface area contributed by atoms with Gasteiger partial charge in [0.1, 0.15) is 5.76 Å². The van der Waals surface area contributed by atoms with Crippen molar-refractivity contribution in [2.75, 3.05) is 0 Å². The second-order valence-corrected chi connectivity index (χ2v) is 4.38. The summed E-state index contributed by atoms with van der Waals surface area (Å²) in [7, 11) is 0. The summed E-state index contributed by atoms with van der Waals surface area (Å²) >= 11 is 0. The van der Waals surface area contributed by atoms with Gasteiger partial charge in [-0.1, -0.05) is 27.7 Å². The monoisotopic (exact) mass is 220 g/mol. The van der Waals surface area contributed by atoms with E-state index in [-0.39, 0.29) is 0 Å². The van der Waals surface area contributed by atoms with Crippen LogP contribution in [0.5, 0.6) is 0 Å². The fourth-order valence-electron chi connectivity index (χ4n) is 1.22. The van der Waals surface area contributed by atoms with Crippen molar-refractivity contribution in [3.8, 4) is 0 Å². The SMILES string of the molecule is CC(C)c1ccco1.CC(C)c1ccoc1. The molecule has 0 N–H and O–H groups in total. The smallest absolute Gasteiger partial charge is 0.106 e. The van der Waals surface area contributed by atoms with E-state index in [0.717, 1.165) is 5.76 Å². The summed E-state index contributed by atoms with van der Waals surface area (Å²) < 4.78 is 9.97. The fraction of sp³-hybridized carbons (Fsp3) is 0.429. The van der Waals surface area contributed by atoms with Crippen molar-refractivity contribution < 1.29 is 8.83 Å². The minimum atomic E-state index is 0.519. The molecule has 0 atom stereocenters. The Bertz CT molecular complexity index is 317. The largest absolute Gasteiger partial charge is 0.472 e. The predicted octanol–water partition coefficient (Wildman–Crippen LogP) is 4.81. The summed E-state index contributed by atoms with van der Waals surface area (Å²) in [5, 5.41) is 0. The van der Waals surface area contributed by atoms with Crippen LogP contribution in [0.3, 0.4) is 0 Å². The molecule has 2 aromatic heterocycles. The Morgan fingerprint density at radius 2 is 1.69 bits per heavy atom. The minimum Gasteiger partial charge on any atom is -0.472 e. The normalized spacial score (nSPS) is 10.4. The average molecular weight is 220 g/mol. The number of hydrogen-bond acceptors (Lipinski definition) is 2. The maximum absolute atomic E-state index is 5.09. The topological polar surface area (TPSA) is 26.3 Å². The molecule has 2 rings (SSSR count). The highest BCUT2D eigenvalue weighted by Gasteiger charge is 1.98. The molecule has 0 saturated carbocycles. The molecule has 2 heteroatoms. The summed E-state index contributed by atoms with van der Waals surface area (Å²) in [6.07, 6.45) is 5.19. The Balaban J connectivity index is 0.000000160. The maximum Gasteiger partial charge on any atom is 0.106 e. The molecule has 0 aliphatic rings. The molecule has 0 unspecified atom stereocenters. The molecule has 0 aliphatic carbocycles. The third kappa shape index (κ3) is 3.97. The van der Waals surface area contributed by atoms with Gasteiger partial charge in [-0.15, -0.1) is 0 Å². The van der Waals surface area contributed by atoms with Gasteiger partial charge >= 0.3 is 0 Å². The Labute approximate surface area is 97.3 Å². The Morgan fingerprint density at radius 1 is 0.938 bits per heavy atom. The van der Waals surface area contributed by atoms with Crippen LogP contribution in [0.15, 0.2) is 45.8 Å². The Hall–Kier alpha value is -1.44. The van der Waals surface area contributed by atoms with Gasteiger partial charge in [0.25, 0.3) is 0 Å². The average Bonchev–Trinajstić information content (AvgIpc) is 2.93. The molecule has 88 valence electrons. The van der Waals surface area contributed by atoms with E-state index >= 15 is 0 Å². The third-order valence-corrected chi connectivity index (χ3v) is 2.32. The number of hydrogen-bond donors (Lipinski definition) is 0. The van der Waals surface area contributed by atoms with Gasteiger partial charge in [0.05, 0.1) is 18.8 Å². The quantitative estimate of drug-likeness (QED) is 0.726. The van der Waals surface area contributed by atoms with Crippen molar-refractivity contribution in [2.24, 2.45) is 0 Å². The van der Waals surface area contributed by atoms with Gasteiger partial charge in [-0.25, -0.2) is 0 Å². The van der Waals surface area contributed by atoms with Gasteiger partial charge in [-0.3, -0.25) is 0 Å². The summed E-state index contributed by atoms with van der Waals surface area (Å²) in [4.78, 5) is 0. The second kappa shape index (κ2) is 6.21. The van der Waals surface area contributed by atoms with Crippen molar-refractivity contribution in [1.82, 2.24) is 0 Å². The summed E-state index contributed by atoms with van der Waals surface area (Å²) in [5.41, 5.74) is 1.27. The highest BCUT2D eigenvalue weighted by molar-refractivity contribution is 5.09. The van der Waals surface area contributed by atoms with E-state index in [1.807, 2.05) is 18.2 Å². The first kappa shape index (κ1) is 12.6. The molecule has 0 radical (unpaired) electrons. The van der Waals surface area contributed by atoms with E-state index < -0.39 is 0 Å². The summed E-state index contributed by atoms with van der Waals surface area (Å²) in [6.45, 7) is 8.51. The van der Waals surface area contributed by atoms with Crippen molar-refractivity contribution in [2.45, 2.75) is 39.5 Å². The number of furan rings is 2. The highest BCUT2D eigenvalue weighted by Crippen LogP contribution is 2.13. The standard InChI is InChI=1S/2C7H10O/c1-6(2)7-3-4-8-5-7;1-6(2)7-4-3-5-8-7/h2*3-6H,1-2H3. The highest BCUT2D eigenvalue weighted by atomic mass is 16.3. The maximum atomic E-state index is 5.09. The molecule has 0 fully saturated rings. The van der Waals surface area contributed by atoms with Gasteiger partial charge in [-0.05, 0) is 29.7 Å². The molecule has 16 heavy (non-hydrogen) atoms. The molecule has 0 bridgehead atoms. The van der Waals surface area contributed by atoms with Gasteiger partial charge in [0.15, 0.2) is 0 Å². The van der Waals surface area contributed by atoms with E-state index in [2.05, 4.69) is 27.7 Å². The number of rotatable bonds is 2. The Kier molecular flexibility index (Phi) is 4.90. The zero-order valence-electron chi connectivity index (χ0n) is 10.4. The molecule has 2 nitrogen and oxygen atoms in total. The van der Waals surface area contributed by atoms with Crippen LogP contribution in [0.4, 0.5) is 0 Å². The molecule has 0 aromatic carbocycles. The fourth-order valence-corrected chi connectivity index (χ4v) is 1.22. The van der Waals surface area contributed by atoms with Crippen molar-refractivity contribution in [3.63, 3.8) is 0 Å². The zero-order chi connectivity index (χ0) is 12.0. The van der Waals surface area contributed by atoms with Crippen LogP contribution in [0.1, 0.15) is 50.9 Å². The van der Waals surface area contributed by atoms with Gasteiger partial charge < -0.3 is 8.83 Å². The van der Waals surface area contributed by atoms with E-state index in [0.29, 0.717) is 11.8 Å². The predicted molar refractivity (Wildman–Crippen MR) is 65.6 cm³/mol. The van der Waals surface area contributed by atoms with Crippen LogP contribution >= 0.6 is 0 Å². The lowest BCUT2D eigenvalue weighted by molar-refractivity contribution is 0.487. The van der Waals surface area contributed by atoms with E-state index in [1.54, 1.807) is 18.8 Å². The third-order valence-electron chi connectivity index (χ3n) is 2.32. The zero-order valence-corrected chi connectivity index (χ0v) is 10.4. The molecular weight excluding hydrogens is 200 g/mol.